The standard InChI is InChI=1S/C20H23N3O2/c1-13-17(20(24)23-15-10-6-3-7-11-15)18(14-8-4-2-5-9-14)16(12-21)19(22)25-13/h3,6-7,10-11,14,18H,2,4-5,8-9,22H2,1H3,(H,23,24)/t18-/m0/s1. The van der Waals surface area contributed by atoms with Crippen LogP contribution in [-0.2, 0) is 9.53 Å². The van der Waals surface area contributed by atoms with Gasteiger partial charge in [-0.2, -0.15) is 5.26 Å². The number of nitrogens with two attached hydrogens (primary N) is 1. The average molecular weight is 337 g/mol. The molecule has 1 aromatic rings. The number of anilines is 1. The van der Waals surface area contributed by atoms with Crippen LogP contribution in [0.2, 0.25) is 0 Å². The summed E-state index contributed by atoms with van der Waals surface area (Å²) >= 11 is 0. The lowest BCUT2D eigenvalue weighted by molar-refractivity contribution is -0.113. The molecule has 1 saturated carbocycles. The predicted molar refractivity (Wildman–Crippen MR) is 95.7 cm³/mol. The first-order valence-electron chi connectivity index (χ1n) is 8.76. The van der Waals surface area contributed by atoms with E-state index in [0.29, 0.717) is 16.9 Å². The van der Waals surface area contributed by atoms with Crippen LogP contribution in [0, 0.1) is 23.2 Å². The van der Waals surface area contributed by atoms with Crippen LogP contribution in [0.25, 0.3) is 0 Å². The normalized spacial score (nSPS) is 21.5. The summed E-state index contributed by atoms with van der Waals surface area (Å²) in [6, 6.07) is 11.5. The highest BCUT2D eigenvalue weighted by Crippen LogP contribution is 2.42. The second kappa shape index (κ2) is 7.43. The molecule has 0 radical (unpaired) electrons. The number of hydrogen-bond acceptors (Lipinski definition) is 4. The Morgan fingerprint density at radius 2 is 1.92 bits per heavy atom. The molecule has 0 bridgehead atoms. The van der Waals surface area contributed by atoms with Crippen LogP contribution in [0.3, 0.4) is 0 Å². The Kier molecular flexibility index (Phi) is 5.08. The maximum Gasteiger partial charge on any atom is 0.255 e. The van der Waals surface area contributed by atoms with E-state index in [1.165, 1.54) is 6.42 Å². The van der Waals surface area contributed by atoms with E-state index in [-0.39, 0.29) is 23.6 Å². The molecular formula is C20H23N3O2. The molecule has 25 heavy (non-hydrogen) atoms. The number of nitrogens with one attached hydrogen (secondary N) is 1. The summed E-state index contributed by atoms with van der Waals surface area (Å²) in [5.41, 5.74) is 7.59. The Balaban J connectivity index is 1.94. The van der Waals surface area contributed by atoms with Gasteiger partial charge in [0.15, 0.2) is 0 Å². The zero-order valence-electron chi connectivity index (χ0n) is 14.4. The third-order valence-electron chi connectivity index (χ3n) is 5.05. The van der Waals surface area contributed by atoms with E-state index in [1.54, 1.807) is 6.92 Å². The van der Waals surface area contributed by atoms with Crippen molar-refractivity contribution in [3.63, 3.8) is 0 Å². The van der Waals surface area contributed by atoms with Gasteiger partial charge >= 0.3 is 0 Å². The van der Waals surface area contributed by atoms with E-state index in [2.05, 4.69) is 11.4 Å². The quantitative estimate of drug-likeness (QED) is 0.877. The minimum atomic E-state index is -0.289. The van der Waals surface area contributed by atoms with Crippen molar-refractivity contribution >= 4 is 11.6 Å². The number of ether oxygens (including phenoxy) is 1. The highest BCUT2D eigenvalue weighted by Gasteiger charge is 2.39. The van der Waals surface area contributed by atoms with Crippen molar-refractivity contribution in [2.24, 2.45) is 17.6 Å². The van der Waals surface area contributed by atoms with Gasteiger partial charge in [-0.3, -0.25) is 4.79 Å². The lowest BCUT2D eigenvalue weighted by Gasteiger charge is -2.34. The highest BCUT2D eigenvalue weighted by atomic mass is 16.5. The maximum absolute atomic E-state index is 13.0. The average Bonchev–Trinajstić information content (AvgIpc) is 2.62. The number of para-hydroxylation sites is 1. The van der Waals surface area contributed by atoms with Gasteiger partial charge in [0.05, 0.1) is 11.1 Å². The molecule has 2 aliphatic rings. The Hall–Kier alpha value is -2.74. The Bertz CT molecular complexity index is 753. The van der Waals surface area contributed by atoms with E-state index >= 15 is 0 Å². The smallest absolute Gasteiger partial charge is 0.255 e. The van der Waals surface area contributed by atoms with Crippen molar-refractivity contribution in [3.8, 4) is 6.07 Å². The van der Waals surface area contributed by atoms with Gasteiger partial charge in [-0.1, -0.05) is 37.5 Å². The fourth-order valence-corrected chi connectivity index (χ4v) is 3.88. The van der Waals surface area contributed by atoms with Crippen molar-refractivity contribution in [2.45, 2.75) is 39.0 Å². The molecule has 1 atom stereocenters. The van der Waals surface area contributed by atoms with Crippen molar-refractivity contribution in [1.82, 2.24) is 0 Å². The van der Waals surface area contributed by atoms with Crippen LogP contribution in [0.4, 0.5) is 5.69 Å². The molecule has 0 aromatic heterocycles. The number of nitrogens with zero attached hydrogens (tertiary/aromatic N) is 1. The molecule has 1 fully saturated rings. The Labute approximate surface area is 148 Å². The van der Waals surface area contributed by atoms with Gasteiger partial charge in [0.2, 0.25) is 5.88 Å². The number of amides is 1. The number of carbonyl (C=O) groups is 1. The summed E-state index contributed by atoms with van der Waals surface area (Å²) in [6.07, 6.45) is 5.44. The number of carbonyl (C=O) groups excluding carboxylic acids is 1. The lowest BCUT2D eigenvalue weighted by atomic mass is 9.72. The molecule has 1 aliphatic heterocycles. The number of rotatable bonds is 3. The van der Waals surface area contributed by atoms with Crippen LogP contribution in [-0.4, -0.2) is 5.91 Å². The van der Waals surface area contributed by atoms with Gasteiger partial charge in [-0.25, -0.2) is 0 Å². The summed E-state index contributed by atoms with van der Waals surface area (Å²) < 4.78 is 5.54. The van der Waals surface area contributed by atoms with Crippen LogP contribution in [0.5, 0.6) is 0 Å². The van der Waals surface area contributed by atoms with E-state index in [9.17, 15) is 10.1 Å². The minimum absolute atomic E-state index is 0.131. The molecule has 130 valence electrons. The molecule has 0 saturated heterocycles. The third kappa shape index (κ3) is 3.53. The van der Waals surface area contributed by atoms with Crippen LogP contribution < -0.4 is 11.1 Å². The lowest BCUT2D eigenvalue weighted by Crippen LogP contribution is -2.33. The van der Waals surface area contributed by atoms with Gasteiger partial charge in [0, 0.05) is 11.6 Å². The molecule has 5 nitrogen and oxygen atoms in total. The van der Waals surface area contributed by atoms with E-state index < -0.39 is 0 Å². The third-order valence-corrected chi connectivity index (χ3v) is 5.05. The van der Waals surface area contributed by atoms with Crippen LogP contribution in [0.15, 0.2) is 53.1 Å². The molecule has 1 heterocycles. The molecule has 1 amide bonds. The second-order valence-corrected chi connectivity index (χ2v) is 6.66. The largest absolute Gasteiger partial charge is 0.445 e. The van der Waals surface area contributed by atoms with Crippen molar-refractivity contribution in [3.05, 3.63) is 53.1 Å². The van der Waals surface area contributed by atoms with E-state index in [1.807, 2.05) is 30.3 Å². The summed E-state index contributed by atoms with van der Waals surface area (Å²) in [5, 5.41) is 12.5. The molecule has 0 spiro atoms. The fourth-order valence-electron chi connectivity index (χ4n) is 3.88. The molecular weight excluding hydrogens is 314 g/mol. The van der Waals surface area contributed by atoms with Gasteiger partial charge in [0.1, 0.15) is 11.8 Å². The molecule has 0 unspecified atom stereocenters. The number of allylic oxidation sites excluding steroid dienone is 2. The summed E-state index contributed by atoms with van der Waals surface area (Å²) in [5.74, 6) is 0.354. The summed E-state index contributed by atoms with van der Waals surface area (Å²) in [6.45, 7) is 1.75. The molecule has 1 aliphatic carbocycles. The number of nitriles is 1. The van der Waals surface area contributed by atoms with E-state index in [0.717, 1.165) is 31.4 Å². The fraction of sp³-hybridized carbons (Fsp3) is 0.400. The molecule has 1 aromatic carbocycles. The van der Waals surface area contributed by atoms with Gasteiger partial charge < -0.3 is 15.8 Å². The molecule has 5 heteroatoms. The summed E-state index contributed by atoms with van der Waals surface area (Å²) in [7, 11) is 0. The van der Waals surface area contributed by atoms with Crippen LogP contribution in [0.1, 0.15) is 39.0 Å². The first-order chi connectivity index (χ1) is 12.1. The topological polar surface area (TPSA) is 88.1 Å². The predicted octanol–water partition coefficient (Wildman–Crippen LogP) is 3.82. The summed E-state index contributed by atoms with van der Waals surface area (Å²) in [4.78, 5) is 13.0. The number of benzene rings is 1. The van der Waals surface area contributed by atoms with Crippen molar-refractivity contribution in [1.29, 1.82) is 5.26 Å². The van der Waals surface area contributed by atoms with Gasteiger partial charge in [-0.15, -0.1) is 0 Å². The van der Waals surface area contributed by atoms with Crippen molar-refractivity contribution < 1.29 is 9.53 Å². The zero-order valence-corrected chi connectivity index (χ0v) is 14.4. The Morgan fingerprint density at radius 1 is 1.24 bits per heavy atom. The van der Waals surface area contributed by atoms with Gasteiger partial charge in [-0.05, 0) is 37.8 Å². The SMILES string of the molecule is CC1=C(C(=O)Nc2ccccc2)[C@@H](C2CCCCC2)C(C#N)=C(N)O1. The zero-order chi connectivity index (χ0) is 17.8. The monoisotopic (exact) mass is 337 g/mol. The minimum Gasteiger partial charge on any atom is -0.445 e. The van der Waals surface area contributed by atoms with E-state index in [4.69, 9.17) is 10.5 Å². The highest BCUT2D eigenvalue weighted by molar-refractivity contribution is 6.05. The molecule has 3 rings (SSSR count). The molecule has 3 N–H and O–H groups in total. The first-order valence-corrected chi connectivity index (χ1v) is 8.76. The number of hydrogen-bond donors (Lipinski definition) is 2. The van der Waals surface area contributed by atoms with Crippen LogP contribution >= 0.6 is 0 Å². The van der Waals surface area contributed by atoms with Gasteiger partial charge in [0.25, 0.3) is 5.91 Å². The first kappa shape index (κ1) is 17.1. The van der Waals surface area contributed by atoms with Crippen molar-refractivity contribution in [2.75, 3.05) is 5.32 Å². The Morgan fingerprint density at radius 3 is 2.56 bits per heavy atom. The maximum atomic E-state index is 13.0. The second-order valence-electron chi connectivity index (χ2n) is 6.66.